The van der Waals surface area contributed by atoms with Gasteiger partial charge in [-0.15, -0.1) is 0 Å². The number of carbonyl (C=O) groups excluding carboxylic acids is 1. The van der Waals surface area contributed by atoms with Crippen LogP contribution < -0.4 is 0 Å². The molecule has 0 saturated heterocycles. The van der Waals surface area contributed by atoms with Crippen LogP contribution in [0.4, 0.5) is 0 Å². The number of benzene rings is 2. The molecule has 0 aliphatic rings. The van der Waals surface area contributed by atoms with Gasteiger partial charge in [-0.2, -0.15) is 0 Å². The number of ketones is 1. The zero-order valence-corrected chi connectivity index (χ0v) is 15.5. The normalized spacial score (nSPS) is 8.36. The summed E-state index contributed by atoms with van der Waals surface area (Å²) >= 11 is 6.68. The first kappa shape index (κ1) is 18.2. The van der Waals surface area contributed by atoms with E-state index in [1.54, 1.807) is 0 Å². The minimum Gasteiger partial charge on any atom is -0.270 e. The number of halogens is 2. The second kappa shape index (κ2) is 10.0. The van der Waals surface area contributed by atoms with Crippen molar-refractivity contribution in [3.05, 3.63) is 68.6 Å². The molecule has 1 nitrogen and oxygen atoms in total. The first-order chi connectivity index (χ1) is 10.6. The zero-order chi connectivity index (χ0) is 16.4. The van der Waals surface area contributed by atoms with Crippen LogP contribution in [0.5, 0.6) is 0 Å². The summed E-state index contributed by atoms with van der Waals surface area (Å²) in [5, 5.41) is 0. The lowest BCUT2D eigenvalue weighted by Gasteiger charge is -1.89. The van der Waals surface area contributed by atoms with E-state index in [2.05, 4.69) is 55.5 Å². The van der Waals surface area contributed by atoms with Crippen LogP contribution in [0.1, 0.15) is 25.0 Å². The van der Waals surface area contributed by atoms with E-state index in [0.717, 1.165) is 20.1 Å². The quantitative estimate of drug-likeness (QED) is 0.537. The maximum Gasteiger partial charge on any atom is 0.279 e. The smallest absolute Gasteiger partial charge is 0.270 e. The summed E-state index contributed by atoms with van der Waals surface area (Å²) in [4.78, 5) is 11.6. The molecule has 0 saturated carbocycles. The van der Waals surface area contributed by atoms with Crippen molar-refractivity contribution >= 4 is 37.6 Å². The summed E-state index contributed by atoms with van der Waals surface area (Å²) in [7, 11) is 0. The fourth-order valence-corrected chi connectivity index (χ4v) is 1.88. The monoisotopic (exact) mass is 416 g/mol. The van der Waals surface area contributed by atoms with Gasteiger partial charge in [-0.25, -0.2) is 0 Å². The number of rotatable bonds is 0. The van der Waals surface area contributed by atoms with Crippen LogP contribution >= 0.6 is 31.9 Å². The van der Waals surface area contributed by atoms with E-state index >= 15 is 0 Å². The molecule has 0 fully saturated rings. The molecule has 0 aliphatic carbocycles. The average Bonchev–Trinajstić information content (AvgIpc) is 2.56. The summed E-state index contributed by atoms with van der Waals surface area (Å²) in [5.74, 6) is 10.2. The Bertz CT molecular complexity index is 671. The van der Waals surface area contributed by atoms with Gasteiger partial charge in [0.15, 0.2) is 0 Å². The molecule has 0 heterocycles. The third kappa shape index (κ3) is 6.76. The van der Waals surface area contributed by atoms with Crippen molar-refractivity contribution in [1.82, 2.24) is 0 Å². The number of Topliss-reactive ketones (excluding diaryl/α,β-unsaturated/α-hetero) is 1. The number of hydrogen-bond donors (Lipinski definition) is 0. The van der Waals surface area contributed by atoms with E-state index in [1.165, 1.54) is 0 Å². The predicted octanol–water partition coefficient (Wildman–Crippen LogP) is 5.21. The summed E-state index contributed by atoms with van der Waals surface area (Å²) in [5.41, 5.74) is 1.57. The summed E-state index contributed by atoms with van der Waals surface area (Å²) < 4.78 is 1.95. The number of hydrogen-bond acceptors (Lipinski definition) is 1. The van der Waals surface area contributed by atoms with Crippen molar-refractivity contribution in [2.75, 3.05) is 0 Å². The zero-order valence-electron chi connectivity index (χ0n) is 12.3. The van der Waals surface area contributed by atoms with Crippen molar-refractivity contribution < 1.29 is 4.79 Å². The molecule has 0 radical (unpaired) electrons. The Balaban J connectivity index is 0.00000116. The largest absolute Gasteiger partial charge is 0.279 e. The molecule has 2 aromatic carbocycles. The van der Waals surface area contributed by atoms with Gasteiger partial charge in [-0.3, -0.25) is 4.79 Å². The maximum absolute atomic E-state index is 11.6. The minimum absolute atomic E-state index is 0.393. The molecular weight excluding hydrogens is 404 g/mol. The van der Waals surface area contributed by atoms with Crippen molar-refractivity contribution in [2.45, 2.75) is 13.8 Å². The first-order valence-corrected chi connectivity index (χ1v) is 8.31. The summed E-state index contributed by atoms with van der Waals surface area (Å²) in [6.07, 6.45) is 0. The highest BCUT2D eigenvalue weighted by Gasteiger charge is 1.91. The minimum atomic E-state index is -0.393. The lowest BCUT2D eigenvalue weighted by atomic mass is 10.2. The van der Waals surface area contributed by atoms with Crippen molar-refractivity contribution in [3.8, 4) is 23.7 Å². The Kier molecular flexibility index (Phi) is 8.30. The molecule has 2 rings (SSSR count). The lowest BCUT2D eigenvalue weighted by molar-refractivity contribution is -0.108. The highest BCUT2D eigenvalue weighted by atomic mass is 79.9. The van der Waals surface area contributed by atoms with Gasteiger partial charge in [-0.05, 0) is 60.4 Å². The van der Waals surface area contributed by atoms with Crippen molar-refractivity contribution in [2.24, 2.45) is 0 Å². The van der Waals surface area contributed by atoms with Crippen LogP contribution in [0.3, 0.4) is 0 Å². The molecule has 0 amide bonds. The van der Waals surface area contributed by atoms with Crippen molar-refractivity contribution in [1.29, 1.82) is 0 Å². The second-order valence-corrected chi connectivity index (χ2v) is 5.67. The van der Waals surface area contributed by atoms with E-state index < -0.39 is 5.78 Å². The molecule has 0 aromatic heterocycles. The van der Waals surface area contributed by atoms with E-state index in [9.17, 15) is 4.79 Å². The highest BCUT2D eigenvalue weighted by molar-refractivity contribution is 9.10. The van der Waals surface area contributed by atoms with E-state index in [4.69, 9.17) is 0 Å². The molecule has 0 atom stereocenters. The van der Waals surface area contributed by atoms with E-state index in [1.807, 2.05) is 62.4 Å². The fourth-order valence-electron chi connectivity index (χ4n) is 1.36. The van der Waals surface area contributed by atoms with Crippen LogP contribution in [-0.4, -0.2) is 5.78 Å². The fraction of sp³-hybridized carbons (Fsp3) is 0.105. The Morgan fingerprint density at radius 1 is 0.727 bits per heavy atom. The van der Waals surface area contributed by atoms with Crippen LogP contribution in [0.15, 0.2) is 57.5 Å². The Labute approximate surface area is 148 Å². The van der Waals surface area contributed by atoms with E-state index in [-0.39, 0.29) is 0 Å². The third-order valence-electron chi connectivity index (χ3n) is 2.33. The lowest BCUT2D eigenvalue weighted by Crippen LogP contribution is -1.87. The molecule has 0 spiro atoms. The van der Waals surface area contributed by atoms with Gasteiger partial charge in [0.05, 0.1) is 0 Å². The Hall–Kier alpha value is -1.81. The Morgan fingerprint density at radius 3 is 1.36 bits per heavy atom. The van der Waals surface area contributed by atoms with Crippen LogP contribution in [0, 0.1) is 23.7 Å². The van der Waals surface area contributed by atoms with Crippen LogP contribution in [0.2, 0.25) is 0 Å². The van der Waals surface area contributed by atoms with Gasteiger partial charge in [-0.1, -0.05) is 57.5 Å². The molecule has 0 bridgehead atoms. The predicted molar refractivity (Wildman–Crippen MR) is 98.4 cm³/mol. The van der Waals surface area contributed by atoms with Gasteiger partial charge < -0.3 is 0 Å². The first-order valence-electron chi connectivity index (χ1n) is 6.72. The van der Waals surface area contributed by atoms with Crippen LogP contribution in [0.25, 0.3) is 0 Å². The van der Waals surface area contributed by atoms with Gasteiger partial charge >= 0.3 is 0 Å². The van der Waals surface area contributed by atoms with Gasteiger partial charge in [0.2, 0.25) is 0 Å². The molecular formula is C19H14Br2O. The molecule has 0 N–H and O–H groups in total. The van der Waals surface area contributed by atoms with Crippen LogP contribution in [-0.2, 0) is 4.79 Å². The van der Waals surface area contributed by atoms with Gasteiger partial charge in [0.25, 0.3) is 5.78 Å². The molecule has 0 unspecified atom stereocenters. The van der Waals surface area contributed by atoms with E-state index in [0.29, 0.717) is 0 Å². The SMILES string of the molecule is CC.O=C(C#Cc1ccc(Br)cc1)C#Cc1ccc(Br)cc1. The number of carbonyl (C=O) groups is 1. The molecule has 0 aliphatic heterocycles. The molecule has 110 valence electrons. The van der Waals surface area contributed by atoms with Gasteiger partial charge in [0.1, 0.15) is 0 Å². The molecule has 2 aromatic rings. The maximum atomic E-state index is 11.6. The van der Waals surface area contributed by atoms with Gasteiger partial charge in [0, 0.05) is 20.1 Å². The standard InChI is InChI=1S/C17H8Br2O.C2H6/c18-15-7-1-13(2-8-15)5-11-17(20)12-6-14-3-9-16(19)10-4-14;1-2/h1-4,7-10H;1-2H3. The topological polar surface area (TPSA) is 17.1 Å². The Morgan fingerprint density at radius 2 is 1.05 bits per heavy atom. The second-order valence-electron chi connectivity index (χ2n) is 3.84. The van der Waals surface area contributed by atoms with Crippen molar-refractivity contribution in [3.63, 3.8) is 0 Å². The average molecular weight is 418 g/mol. The highest BCUT2D eigenvalue weighted by Crippen LogP contribution is 2.10. The third-order valence-corrected chi connectivity index (χ3v) is 3.39. The summed E-state index contributed by atoms with van der Waals surface area (Å²) in [6, 6.07) is 14.9. The molecule has 3 heteroatoms. The molecule has 22 heavy (non-hydrogen) atoms. The summed E-state index contributed by atoms with van der Waals surface area (Å²) in [6.45, 7) is 4.00.